The number of benzene rings is 2. The first-order chi connectivity index (χ1) is 11.2. The first-order valence-corrected chi connectivity index (χ1v) is 8.35. The van der Waals surface area contributed by atoms with Gasteiger partial charge < -0.3 is 9.84 Å². The average Bonchev–Trinajstić information content (AvgIpc) is 2.55. The molecule has 0 bridgehead atoms. The van der Waals surface area contributed by atoms with E-state index in [0.29, 0.717) is 0 Å². The smallest absolute Gasteiger partial charge is 0.339 e. The third kappa shape index (κ3) is 3.84. The Hall–Kier alpha value is -2.58. The van der Waals surface area contributed by atoms with Gasteiger partial charge in [-0.25, -0.2) is 18.0 Å². The van der Waals surface area contributed by atoms with Gasteiger partial charge in [-0.15, -0.1) is 0 Å². The van der Waals surface area contributed by atoms with E-state index in [-0.39, 0.29) is 26.7 Å². The molecule has 0 amide bonds. The van der Waals surface area contributed by atoms with Crippen LogP contribution in [-0.2, 0) is 14.8 Å². The Labute approximate surface area is 142 Å². The van der Waals surface area contributed by atoms with Crippen LogP contribution in [0.2, 0.25) is 5.02 Å². The molecule has 0 spiro atoms. The lowest BCUT2D eigenvalue weighted by molar-refractivity contribution is 0.0600. The lowest BCUT2D eigenvalue weighted by Gasteiger charge is -2.10. The van der Waals surface area contributed by atoms with Gasteiger partial charge in [0.1, 0.15) is 0 Å². The van der Waals surface area contributed by atoms with Crippen LogP contribution in [0, 0.1) is 0 Å². The van der Waals surface area contributed by atoms with Crippen molar-refractivity contribution in [3.8, 4) is 0 Å². The molecule has 2 aromatic rings. The Bertz CT molecular complexity index is 910. The number of carboxylic acids is 1. The van der Waals surface area contributed by atoms with Crippen molar-refractivity contribution in [2.24, 2.45) is 0 Å². The summed E-state index contributed by atoms with van der Waals surface area (Å²) in [6.07, 6.45) is 0. The van der Waals surface area contributed by atoms with Gasteiger partial charge in [-0.1, -0.05) is 17.7 Å². The van der Waals surface area contributed by atoms with Crippen LogP contribution in [0.4, 0.5) is 5.69 Å². The predicted octanol–water partition coefficient (Wildman–Crippen LogP) is 2.63. The standard InChI is InChI=1S/C15H12ClNO6S/c1-23-15(20)12-8-10(5-6-13(12)16)17-24(21,22)11-4-2-3-9(7-11)14(18)19/h2-8,17H,1H3,(H,18,19). The number of methoxy groups -OCH3 is 1. The third-order valence-corrected chi connectivity index (χ3v) is 4.72. The number of halogens is 1. The minimum atomic E-state index is -4.04. The van der Waals surface area contributed by atoms with Crippen molar-refractivity contribution in [2.75, 3.05) is 11.8 Å². The number of nitrogens with one attached hydrogen (secondary N) is 1. The first kappa shape index (κ1) is 17.8. The van der Waals surface area contributed by atoms with E-state index in [1.807, 2.05) is 0 Å². The van der Waals surface area contributed by atoms with Gasteiger partial charge in [0, 0.05) is 5.69 Å². The van der Waals surface area contributed by atoms with Crippen molar-refractivity contribution >= 4 is 39.3 Å². The highest BCUT2D eigenvalue weighted by molar-refractivity contribution is 7.92. The molecule has 0 heterocycles. The van der Waals surface area contributed by atoms with Gasteiger partial charge in [0.05, 0.1) is 28.2 Å². The largest absolute Gasteiger partial charge is 0.478 e. The number of ether oxygens (including phenoxy) is 1. The van der Waals surface area contributed by atoms with Crippen LogP contribution in [0.15, 0.2) is 47.4 Å². The number of anilines is 1. The van der Waals surface area contributed by atoms with Crippen LogP contribution in [0.5, 0.6) is 0 Å². The van der Waals surface area contributed by atoms with E-state index >= 15 is 0 Å². The van der Waals surface area contributed by atoms with E-state index < -0.39 is 22.0 Å². The summed E-state index contributed by atoms with van der Waals surface area (Å²) in [4.78, 5) is 22.3. The van der Waals surface area contributed by atoms with Gasteiger partial charge in [0.25, 0.3) is 10.0 Å². The number of carboxylic acid groups (broad SMARTS) is 1. The topological polar surface area (TPSA) is 110 Å². The Kier molecular flexibility index (Phi) is 5.10. The van der Waals surface area contributed by atoms with E-state index in [4.69, 9.17) is 16.7 Å². The number of rotatable bonds is 5. The van der Waals surface area contributed by atoms with Crippen LogP contribution in [0.3, 0.4) is 0 Å². The SMILES string of the molecule is COC(=O)c1cc(NS(=O)(=O)c2cccc(C(=O)O)c2)ccc1Cl. The van der Waals surface area contributed by atoms with Gasteiger partial charge in [-0.05, 0) is 36.4 Å². The molecule has 0 unspecified atom stereocenters. The number of sulfonamides is 1. The van der Waals surface area contributed by atoms with Crippen LogP contribution >= 0.6 is 11.6 Å². The van der Waals surface area contributed by atoms with Crippen LogP contribution in [0.25, 0.3) is 0 Å². The second-order valence-corrected chi connectivity index (χ2v) is 6.71. The molecule has 0 saturated carbocycles. The first-order valence-electron chi connectivity index (χ1n) is 6.48. The molecular weight excluding hydrogens is 358 g/mol. The van der Waals surface area contributed by atoms with E-state index in [2.05, 4.69) is 9.46 Å². The molecule has 9 heteroatoms. The van der Waals surface area contributed by atoms with Gasteiger partial charge >= 0.3 is 11.9 Å². The van der Waals surface area contributed by atoms with Crippen LogP contribution < -0.4 is 4.72 Å². The Morgan fingerprint density at radius 1 is 1.17 bits per heavy atom. The van der Waals surface area contributed by atoms with Crippen molar-refractivity contribution in [3.63, 3.8) is 0 Å². The van der Waals surface area contributed by atoms with Crippen LogP contribution in [0.1, 0.15) is 20.7 Å². The zero-order chi connectivity index (χ0) is 17.9. The molecule has 0 saturated heterocycles. The Morgan fingerprint density at radius 3 is 2.50 bits per heavy atom. The van der Waals surface area contributed by atoms with Crippen molar-refractivity contribution in [1.29, 1.82) is 0 Å². The highest BCUT2D eigenvalue weighted by atomic mass is 35.5. The number of esters is 1. The quantitative estimate of drug-likeness (QED) is 0.784. The molecule has 0 atom stereocenters. The molecular formula is C15H12ClNO6S. The zero-order valence-corrected chi connectivity index (χ0v) is 13.9. The maximum atomic E-state index is 12.4. The molecule has 0 aliphatic carbocycles. The summed E-state index contributed by atoms with van der Waals surface area (Å²) in [6, 6.07) is 8.83. The van der Waals surface area contributed by atoms with Crippen LogP contribution in [-0.4, -0.2) is 32.6 Å². The van der Waals surface area contributed by atoms with Crippen molar-refractivity contribution in [3.05, 3.63) is 58.6 Å². The molecule has 0 aliphatic heterocycles. The van der Waals surface area contributed by atoms with Crippen molar-refractivity contribution in [1.82, 2.24) is 0 Å². The molecule has 126 valence electrons. The maximum absolute atomic E-state index is 12.4. The highest BCUT2D eigenvalue weighted by Crippen LogP contribution is 2.24. The lowest BCUT2D eigenvalue weighted by atomic mass is 10.2. The molecule has 2 N–H and O–H groups in total. The number of carbonyl (C=O) groups excluding carboxylic acids is 1. The number of aromatic carboxylic acids is 1. The minimum absolute atomic E-state index is 0.00125. The molecule has 0 aliphatic rings. The summed E-state index contributed by atoms with van der Waals surface area (Å²) in [5.74, 6) is -1.96. The average molecular weight is 370 g/mol. The number of hydrogen-bond donors (Lipinski definition) is 2. The van der Waals surface area contributed by atoms with E-state index in [0.717, 1.165) is 6.07 Å². The summed E-state index contributed by atoms with van der Waals surface area (Å²) >= 11 is 5.87. The Morgan fingerprint density at radius 2 is 1.88 bits per heavy atom. The predicted molar refractivity (Wildman–Crippen MR) is 87.0 cm³/mol. The fraction of sp³-hybridized carbons (Fsp3) is 0.0667. The summed E-state index contributed by atoms with van der Waals surface area (Å²) in [5.41, 5.74) is -0.0802. The summed E-state index contributed by atoms with van der Waals surface area (Å²) in [7, 11) is -2.87. The molecule has 24 heavy (non-hydrogen) atoms. The summed E-state index contributed by atoms with van der Waals surface area (Å²) < 4.78 is 31.5. The highest BCUT2D eigenvalue weighted by Gasteiger charge is 2.18. The summed E-state index contributed by atoms with van der Waals surface area (Å²) in [5, 5.41) is 9.05. The number of hydrogen-bond acceptors (Lipinski definition) is 5. The summed E-state index contributed by atoms with van der Waals surface area (Å²) in [6.45, 7) is 0. The molecule has 0 aromatic heterocycles. The van der Waals surface area contributed by atoms with Gasteiger partial charge in [0.2, 0.25) is 0 Å². The van der Waals surface area contributed by atoms with E-state index in [9.17, 15) is 18.0 Å². The molecule has 2 rings (SSSR count). The van der Waals surface area contributed by atoms with E-state index in [1.165, 1.54) is 43.5 Å². The van der Waals surface area contributed by atoms with Crippen molar-refractivity contribution < 1.29 is 27.9 Å². The van der Waals surface area contributed by atoms with Gasteiger partial charge in [0.15, 0.2) is 0 Å². The monoisotopic (exact) mass is 369 g/mol. The van der Waals surface area contributed by atoms with E-state index in [1.54, 1.807) is 0 Å². The van der Waals surface area contributed by atoms with Crippen molar-refractivity contribution in [2.45, 2.75) is 4.90 Å². The molecule has 0 radical (unpaired) electrons. The molecule has 7 nitrogen and oxygen atoms in total. The zero-order valence-electron chi connectivity index (χ0n) is 12.3. The fourth-order valence-electron chi connectivity index (χ4n) is 1.87. The lowest BCUT2D eigenvalue weighted by Crippen LogP contribution is -2.14. The van der Waals surface area contributed by atoms with Gasteiger partial charge in [-0.2, -0.15) is 0 Å². The second-order valence-electron chi connectivity index (χ2n) is 4.62. The normalized spacial score (nSPS) is 10.9. The fourth-order valence-corrected chi connectivity index (χ4v) is 3.16. The maximum Gasteiger partial charge on any atom is 0.339 e. The third-order valence-electron chi connectivity index (χ3n) is 3.02. The number of carbonyl (C=O) groups is 2. The second kappa shape index (κ2) is 6.90. The minimum Gasteiger partial charge on any atom is -0.478 e. The van der Waals surface area contributed by atoms with Gasteiger partial charge in [-0.3, -0.25) is 4.72 Å². The molecule has 2 aromatic carbocycles. The molecule has 0 fully saturated rings. The Balaban J connectivity index is 2.38.